The molecule has 2 aliphatic rings. The fraction of sp³-hybridized carbons (Fsp3) is 0.619. The van der Waals surface area contributed by atoms with Crippen LogP contribution in [0.15, 0.2) is 37.0 Å². The van der Waals surface area contributed by atoms with Gasteiger partial charge in [0, 0.05) is 24.7 Å². The topological polar surface area (TPSA) is 84.9 Å². The molecule has 2 N–H and O–H groups in total. The molecule has 156 valence electrons. The van der Waals surface area contributed by atoms with Crippen LogP contribution in [0.2, 0.25) is 0 Å². The Hall–Kier alpha value is -1.57. The first kappa shape index (κ1) is 22.7. The second-order valence-corrected chi connectivity index (χ2v) is 8.41. The van der Waals surface area contributed by atoms with E-state index in [0.29, 0.717) is 12.2 Å². The van der Waals surface area contributed by atoms with Gasteiger partial charge in [-0.05, 0) is 39.0 Å². The summed E-state index contributed by atoms with van der Waals surface area (Å²) in [6.07, 6.45) is 9.11. The first-order valence-electron chi connectivity index (χ1n) is 9.79. The van der Waals surface area contributed by atoms with Crippen LogP contribution in [-0.2, 0) is 14.3 Å². The molecule has 1 unspecified atom stereocenters. The highest BCUT2D eigenvalue weighted by atomic mass is 32.2. The largest absolute Gasteiger partial charge is 0.459 e. The van der Waals surface area contributed by atoms with Gasteiger partial charge >= 0.3 is 5.97 Å². The Morgan fingerprint density at radius 1 is 1.43 bits per heavy atom. The molecule has 0 aromatic carbocycles. The van der Waals surface area contributed by atoms with Crippen LogP contribution in [0.4, 0.5) is 4.79 Å². The number of thioether (sulfide) groups is 1. The van der Waals surface area contributed by atoms with Gasteiger partial charge in [0.15, 0.2) is 5.79 Å². The summed E-state index contributed by atoms with van der Waals surface area (Å²) in [7, 11) is 0. The highest BCUT2D eigenvalue weighted by molar-refractivity contribution is 8.14. The van der Waals surface area contributed by atoms with E-state index in [9.17, 15) is 14.7 Å². The Morgan fingerprint density at radius 3 is 2.82 bits per heavy atom. The van der Waals surface area contributed by atoms with Crippen molar-refractivity contribution in [2.75, 3.05) is 5.75 Å². The SMILES string of the molecule is C=CCCC[C@@H]1CC(OC(=O)/C=C(/C)CCC=C)C[C@](O)([C@@H]2CSC(=O)N2)O1. The molecule has 2 heterocycles. The number of allylic oxidation sites excluding steroid dienone is 3. The molecule has 28 heavy (non-hydrogen) atoms. The minimum absolute atomic E-state index is 0.141. The number of amides is 1. The number of rotatable bonds is 10. The van der Waals surface area contributed by atoms with Crippen LogP contribution < -0.4 is 5.32 Å². The van der Waals surface area contributed by atoms with Gasteiger partial charge in [-0.1, -0.05) is 29.5 Å². The van der Waals surface area contributed by atoms with Crippen molar-refractivity contribution in [2.45, 2.75) is 75.9 Å². The minimum atomic E-state index is -1.54. The molecule has 7 heteroatoms. The third-order valence-electron chi connectivity index (χ3n) is 4.96. The van der Waals surface area contributed by atoms with Gasteiger partial charge in [-0.15, -0.1) is 13.2 Å². The Bertz CT molecular complexity index is 620. The van der Waals surface area contributed by atoms with E-state index in [2.05, 4.69) is 18.5 Å². The van der Waals surface area contributed by atoms with Crippen LogP contribution in [0.25, 0.3) is 0 Å². The van der Waals surface area contributed by atoms with E-state index in [1.54, 1.807) is 0 Å². The van der Waals surface area contributed by atoms with Gasteiger partial charge in [0.1, 0.15) is 6.10 Å². The lowest BCUT2D eigenvalue weighted by atomic mass is 9.91. The molecule has 2 aliphatic heterocycles. The number of hydrogen-bond donors (Lipinski definition) is 2. The van der Waals surface area contributed by atoms with Crippen LogP contribution in [-0.4, -0.2) is 46.1 Å². The summed E-state index contributed by atoms with van der Waals surface area (Å²) in [5.74, 6) is -1.52. The number of carbonyl (C=O) groups excluding carboxylic acids is 2. The Labute approximate surface area is 171 Å². The fourth-order valence-corrected chi connectivity index (χ4v) is 4.38. The number of carbonyl (C=O) groups is 2. The van der Waals surface area contributed by atoms with E-state index >= 15 is 0 Å². The lowest BCUT2D eigenvalue weighted by Gasteiger charge is -2.43. The maximum Gasteiger partial charge on any atom is 0.330 e. The van der Waals surface area contributed by atoms with Gasteiger partial charge in [-0.25, -0.2) is 4.79 Å². The average molecular weight is 410 g/mol. The van der Waals surface area contributed by atoms with Crippen molar-refractivity contribution in [3.8, 4) is 0 Å². The Morgan fingerprint density at radius 2 is 2.18 bits per heavy atom. The minimum Gasteiger partial charge on any atom is -0.459 e. The molecule has 6 nitrogen and oxygen atoms in total. The van der Waals surface area contributed by atoms with Crippen molar-refractivity contribution < 1.29 is 24.2 Å². The van der Waals surface area contributed by atoms with E-state index in [-0.39, 0.29) is 17.8 Å². The van der Waals surface area contributed by atoms with Gasteiger partial charge in [-0.2, -0.15) is 0 Å². The zero-order chi connectivity index (χ0) is 20.6. The number of hydrogen-bond acceptors (Lipinski definition) is 6. The third kappa shape index (κ3) is 6.79. The molecule has 0 radical (unpaired) electrons. The van der Waals surface area contributed by atoms with Gasteiger partial charge in [-0.3, -0.25) is 4.79 Å². The maximum absolute atomic E-state index is 12.3. The van der Waals surface area contributed by atoms with Gasteiger partial charge < -0.3 is 19.9 Å². The summed E-state index contributed by atoms with van der Waals surface area (Å²) in [4.78, 5) is 23.9. The number of nitrogens with one attached hydrogen (secondary N) is 1. The van der Waals surface area contributed by atoms with E-state index in [1.165, 1.54) is 6.08 Å². The number of ether oxygens (including phenoxy) is 2. The van der Waals surface area contributed by atoms with E-state index in [0.717, 1.165) is 49.4 Å². The molecule has 0 spiro atoms. The molecular formula is C21H31NO5S. The van der Waals surface area contributed by atoms with Crippen molar-refractivity contribution in [2.24, 2.45) is 0 Å². The quantitative estimate of drug-likeness (QED) is 0.247. The monoisotopic (exact) mass is 409 g/mol. The summed E-state index contributed by atoms with van der Waals surface area (Å²) in [5.41, 5.74) is 0.925. The van der Waals surface area contributed by atoms with Gasteiger partial charge in [0.25, 0.3) is 5.24 Å². The number of aliphatic hydroxyl groups is 1. The van der Waals surface area contributed by atoms with E-state index < -0.39 is 23.9 Å². The zero-order valence-electron chi connectivity index (χ0n) is 16.5. The molecule has 2 fully saturated rings. The molecule has 1 amide bonds. The lowest BCUT2D eigenvalue weighted by Crippen LogP contribution is -2.58. The molecule has 0 aromatic rings. The molecule has 4 atom stereocenters. The van der Waals surface area contributed by atoms with E-state index in [4.69, 9.17) is 9.47 Å². The van der Waals surface area contributed by atoms with Crippen molar-refractivity contribution in [1.82, 2.24) is 5.32 Å². The second-order valence-electron chi connectivity index (χ2n) is 7.42. The number of esters is 1. The Kier molecular flexibility index (Phi) is 8.79. The van der Waals surface area contributed by atoms with Crippen molar-refractivity contribution in [3.05, 3.63) is 37.0 Å². The molecule has 2 saturated heterocycles. The van der Waals surface area contributed by atoms with Crippen LogP contribution in [0.3, 0.4) is 0 Å². The fourth-order valence-electron chi connectivity index (χ4n) is 3.50. The lowest BCUT2D eigenvalue weighted by molar-refractivity contribution is -0.283. The van der Waals surface area contributed by atoms with Crippen molar-refractivity contribution in [1.29, 1.82) is 0 Å². The molecular weight excluding hydrogens is 378 g/mol. The molecule has 0 bridgehead atoms. The second kappa shape index (κ2) is 10.8. The third-order valence-corrected chi connectivity index (χ3v) is 5.84. The number of unbranched alkanes of at least 4 members (excludes halogenated alkanes) is 1. The maximum atomic E-state index is 12.3. The predicted octanol–water partition coefficient (Wildman–Crippen LogP) is 3.86. The summed E-state index contributed by atoms with van der Waals surface area (Å²) < 4.78 is 11.6. The predicted molar refractivity (Wildman–Crippen MR) is 111 cm³/mol. The van der Waals surface area contributed by atoms with Crippen LogP contribution in [0.1, 0.15) is 51.9 Å². The molecule has 2 rings (SSSR count). The molecule has 0 aliphatic carbocycles. The smallest absolute Gasteiger partial charge is 0.330 e. The highest BCUT2D eigenvalue weighted by Crippen LogP contribution is 2.36. The van der Waals surface area contributed by atoms with Gasteiger partial charge in [0.2, 0.25) is 0 Å². The van der Waals surface area contributed by atoms with Gasteiger partial charge in [0.05, 0.1) is 12.1 Å². The average Bonchev–Trinajstić information content (AvgIpc) is 3.07. The molecule has 0 aromatic heterocycles. The molecule has 0 saturated carbocycles. The first-order chi connectivity index (χ1) is 13.4. The van der Waals surface area contributed by atoms with Crippen LogP contribution in [0, 0.1) is 0 Å². The van der Waals surface area contributed by atoms with E-state index in [1.807, 2.05) is 19.1 Å². The zero-order valence-corrected chi connectivity index (χ0v) is 17.3. The normalized spacial score (nSPS) is 30.6. The summed E-state index contributed by atoms with van der Waals surface area (Å²) >= 11 is 1.12. The van der Waals surface area contributed by atoms with Crippen molar-refractivity contribution in [3.63, 3.8) is 0 Å². The van der Waals surface area contributed by atoms with Crippen molar-refractivity contribution >= 4 is 23.0 Å². The van der Waals surface area contributed by atoms with Crippen LogP contribution >= 0.6 is 11.8 Å². The summed E-state index contributed by atoms with van der Waals surface area (Å²) in [5, 5.41) is 13.7. The first-order valence-corrected chi connectivity index (χ1v) is 10.8. The summed E-state index contributed by atoms with van der Waals surface area (Å²) in [6.45, 7) is 9.29. The van der Waals surface area contributed by atoms with Crippen LogP contribution in [0.5, 0.6) is 0 Å². The Balaban J connectivity index is 2.04. The standard InChI is InChI=1S/C21H31NO5S/c1-4-6-8-10-16-12-17(26-19(23)11-15(3)9-7-5-2)13-21(25,27-16)18-14-28-20(24)22-18/h4-5,11,16-18,25H,1-2,6-10,12-14H2,3H3,(H,22,24)/b15-11-/t16-,17?,18+,21-/m1/s1. The highest BCUT2D eigenvalue weighted by Gasteiger charge is 2.49. The summed E-state index contributed by atoms with van der Waals surface area (Å²) in [6, 6.07) is -0.515.